The SMILES string of the molecule is COc1cc(NCc2cc(Br)c3c(c2)OCO3)ccc1F. The summed E-state index contributed by atoms with van der Waals surface area (Å²) >= 11 is 3.45. The number of fused-ring (bicyclic) bond motifs is 1. The van der Waals surface area contributed by atoms with Crippen LogP contribution in [0, 0.1) is 5.82 Å². The molecule has 0 saturated heterocycles. The second-order valence-corrected chi connectivity index (χ2v) is 5.37. The molecule has 6 heteroatoms. The Labute approximate surface area is 130 Å². The average molecular weight is 354 g/mol. The Morgan fingerprint density at radius 1 is 1.29 bits per heavy atom. The molecule has 0 bridgehead atoms. The predicted octanol–water partition coefficient (Wildman–Crippen LogP) is 3.94. The summed E-state index contributed by atoms with van der Waals surface area (Å²) in [7, 11) is 1.44. The third kappa shape index (κ3) is 2.90. The van der Waals surface area contributed by atoms with Gasteiger partial charge in [-0.2, -0.15) is 0 Å². The molecular formula is C15H13BrFNO3. The number of hydrogen-bond donors (Lipinski definition) is 1. The molecule has 0 atom stereocenters. The Balaban J connectivity index is 1.75. The van der Waals surface area contributed by atoms with E-state index in [1.807, 2.05) is 12.1 Å². The maximum Gasteiger partial charge on any atom is 0.231 e. The molecule has 1 aliphatic rings. The molecule has 0 aromatic heterocycles. The fraction of sp³-hybridized carbons (Fsp3) is 0.200. The highest BCUT2D eigenvalue weighted by Crippen LogP contribution is 2.40. The maximum atomic E-state index is 13.3. The van der Waals surface area contributed by atoms with Crippen LogP contribution in [0.3, 0.4) is 0 Å². The Morgan fingerprint density at radius 3 is 2.95 bits per heavy atom. The normalized spacial score (nSPS) is 12.3. The van der Waals surface area contributed by atoms with Crippen LogP contribution in [-0.4, -0.2) is 13.9 Å². The Bertz CT molecular complexity index is 678. The van der Waals surface area contributed by atoms with Crippen molar-refractivity contribution in [2.45, 2.75) is 6.54 Å². The van der Waals surface area contributed by atoms with Gasteiger partial charge in [0.2, 0.25) is 6.79 Å². The van der Waals surface area contributed by atoms with Crippen LogP contribution in [0.5, 0.6) is 17.2 Å². The number of anilines is 1. The van der Waals surface area contributed by atoms with Crippen molar-refractivity contribution in [2.75, 3.05) is 19.2 Å². The molecule has 21 heavy (non-hydrogen) atoms. The molecule has 1 N–H and O–H groups in total. The van der Waals surface area contributed by atoms with Gasteiger partial charge in [0.1, 0.15) is 0 Å². The second-order valence-electron chi connectivity index (χ2n) is 4.51. The van der Waals surface area contributed by atoms with Crippen LogP contribution in [-0.2, 0) is 6.54 Å². The van der Waals surface area contributed by atoms with Gasteiger partial charge in [0.15, 0.2) is 23.1 Å². The van der Waals surface area contributed by atoms with E-state index in [1.54, 1.807) is 12.1 Å². The average Bonchev–Trinajstić information content (AvgIpc) is 2.95. The Kier molecular flexibility index (Phi) is 3.88. The fourth-order valence-corrected chi connectivity index (χ4v) is 2.70. The Morgan fingerprint density at radius 2 is 2.14 bits per heavy atom. The first-order chi connectivity index (χ1) is 10.2. The van der Waals surface area contributed by atoms with E-state index >= 15 is 0 Å². The maximum absolute atomic E-state index is 13.3. The van der Waals surface area contributed by atoms with Gasteiger partial charge in [-0.25, -0.2) is 4.39 Å². The molecule has 0 fully saturated rings. The van der Waals surface area contributed by atoms with Crippen LogP contribution in [0.15, 0.2) is 34.8 Å². The summed E-state index contributed by atoms with van der Waals surface area (Å²) in [6.07, 6.45) is 0. The minimum absolute atomic E-state index is 0.215. The summed E-state index contributed by atoms with van der Waals surface area (Å²) in [5.74, 6) is 1.28. The lowest BCUT2D eigenvalue weighted by molar-refractivity contribution is 0.173. The first-order valence-electron chi connectivity index (χ1n) is 6.33. The van der Waals surface area contributed by atoms with Crippen LogP contribution < -0.4 is 19.5 Å². The van der Waals surface area contributed by atoms with Crippen LogP contribution in [0.2, 0.25) is 0 Å². The van der Waals surface area contributed by atoms with E-state index in [2.05, 4.69) is 21.2 Å². The molecule has 110 valence electrons. The largest absolute Gasteiger partial charge is 0.494 e. The van der Waals surface area contributed by atoms with E-state index in [0.717, 1.165) is 27.2 Å². The van der Waals surface area contributed by atoms with Gasteiger partial charge in [0.05, 0.1) is 11.6 Å². The molecule has 1 aliphatic heterocycles. The summed E-state index contributed by atoms with van der Waals surface area (Å²) in [6.45, 7) is 0.810. The highest BCUT2D eigenvalue weighted by Gasteiger charge is 2.17. The number of ether oxygens (including phenoxy) is 3. The lowest BCUT2D eigenvalue weighted by Crippen LogP contribution is -2.00. The van der Waals surface area contributed by atoms with Crippen molar-refractivity contribution in [3.8, 4) is 17.2 Å². The number of methoxy groups -OCH3 is 1. The molecule has 4 nitrogen and oxygen atoms in total. The molecule has 0 radical (unpaired) electrons. The molecule has 1 heterocycles. The second kappa shape index (κ2) is 5.81. The van der Waals surface area contributed by atoms with E-state index < -0.39 is 0 Å². The number of hydrogen-bond acceptors (Lipinski definition) is 4. The first-order valence-corrected chi connectivity index (χ1v) is 7.12. The zero-order valence-corrected chi connectivity index (χ0v) is 12.9. The monoisotopic (exact) mass is 353 g/mol. The number of nitrogens with one attached hydrogen (secondary N) is 1. The molecule has 3 rings (SSSR count). The van der Waals surface area contributed by atoms with Crippen molar-refractivity contribution < 1.29 is 18.6 Å². The third-order valence-electron chi connectivity index (χ3n) is 3.13. The summed E-state index contributed by atoms with van der Waals surface area (Å²) < 4.78 is 29.9. The molecule has 2 aromatic rings. The van der Waals surface area contributed by atoms with Crippen molar-refractivity contribution in [3.63, 3.8) is 0 Å². The fourth-order valence-electron chi connectivity index (χ4n) is 2.10. The highest BCUT2D eigenvalue weighted by molar-refractivity contribution is 9.10. The molecular weight excluding hydrogens is 341 g/mol. The van der Waals surface area contributed by atoms with Crippen molar-refractivity contribution >= 4 is 21.6 Å². The summed E-state index contributed by atoms with van der Waals surface area (Å²) in [5.41, 5.74) is 1.80. The van der Waals surface area contributed by atoms with Crippen LogP contribution in [0.25, 0.3) is 0 Å². The summed E-state index contributed by atoms with van der Waals surface area (Å²) in [6, 6.07) is 8.54. The van der Waals surface area contributed by atoms with Gasteiger partial charge in [-0.3, -0.25) is 0 Å². The van der Waals surface area contributed by atoms with Crippen molar-refractivity contribution in [2.24, 2.45) is 0 Å². The molecule has 2 aromatic carbocycles. The molecule has 0 amide bonds. The van der Waals surface area contributed by atoms with Crippen LogP contribution >= 0.6 is 15.9 Å². The minimum Gasteiger partial charge on any atom is -0.494 e. The number of halogens is 2. The van der Waals surface area contributed by atoms with Crippen LogP contribution in [0.4, 0.5) is 10.1 Å². The smallest absolute Gasteiger partial charge is 0.231 e. The summed E-state index contributed by atoms with van der Waals surface area (Å²) in [4.78, 5) is 0. The van der Waals surface area contributed by atoms with Crippen LogP contribution in [0.1, 0.15) is 5.56 Å². The van der Waals surface area contributed by atoms with E-state index in [4.69, 9.17) is 14.2 Å². The topological polar surface area (TPSA) is 39.7 Å². The predicted molar refractivity (Wildman–Crippen MR) is 80.5 cm³/mol. The van der Waals surface area contributed by atoms with E-state index in [-0.39, 0.29) is 18.4 Å². The van der Waals surface area contributed by atoms with E-state index in [1.165, 1.54) is 13.2 Å². The van der Waals surface area contributed by atoms with Gasteiger partial charge < -0.3 is 19.5 Å². The highest BCUT2D eigenvalue weighted by atomic mass is 79.9. The van der Waals surface area contributed by atoms with Gasteiger partial charge in [-0.05, 0) is 45.8 Å². The summed E-state index contributed by atoms with van der Waals surface area (Å²) in [5, 5.41) is 3.22. The minimum atomic E-state index is -0.381. The molecule has 0 spiro atoms. The van der Waals surface area contributed by atoms with Crippen molar-refractivity contribution in [1.29, 1.82) is 0 Å². The molecule has 0 aliphatic carbocycles. The van der Waals surface area contributed by atoms with Crippen molar-refractivity contribution in [1.82, 2.24) is 0 Å². The lowest BCUT2D eigenvalue weighted by atomic mass is 10.2. The quantitative estimate of drug-likeness (QED) is 0.903. The zero-order chi connectivity index (χ0) is 14.8. The van der Waals surface area contributed by atoms with Gasteiger partial charge in [0.25, 0.3) is 0 Å². The lowest BCUT2D eigenvalue weighted by Gasteiger charge is -2.10. The standard InChI is InChI=1S/C15H13BrFNO3/c1-19-13-6-10(2-3-12(13)17)18-7-9-4-11(16)15-14(5-9)20-8-21-15/h2-6,18H,7-8H2,1H3. The van der Waals surface area contributed by atoms with E-state index in [0.29, 0.717) is 6.54 Å². The van der Waals surface area contributed by atoms with Gasteiger partial charge in [0, 0.05) is 18.3 Å². The van der Waals surface area contributed by atoms with E-state index in [9.17, 15) is 4.39 Å². The molecule has 0 unspecified atom stereocenters. The molecule has 0 saturated carbocycles. The zero-order valence-electron chi connectivity index (χ0n) is 11.3. The van der Waals surface area contributed by atoms with Gasteiger partial charge in [-0.1, -0.05) is 0 Å². The van der Waals surface area contributed by atoms with Crippen molar-refractivity contribution in [3.05, 3.63) is 46.2 Å². The number of benzene rings is 2. The number of rotatable bonds is 4. The Hall–Kier alpha value is -1.95. The van der Waals surface area contributed by atoms with Gasteiger partial charge >= 0.3 is 0 Å². The van der Waals surface area contributed by atoms with Gasteiger partial charge in [-0.15, -0.1) is 0 Å². The first kappa shape index (κ1) is 14.0. The third-order valence-corrected chi connectivity index (χ3v) is 3.72.